The normalized spacial score (nSPS) is 27.5. The fourth-order valence-electron chi connectivity index (χ4n) is 2.05. The monoisotopic (exact) mass is 171 g/mol. The summed E-state index contributed by atoms with van der Waals surface area (Å²) in [5.74, 6) is 1.04. The van der Waals surface area contributed by atoms with E-state index in [1.165, 1.54) is 19.3 Å². The van der Waals surface area contributed by atoms with Gasteiger partial charge in [-0.2, -0.15) is 0 Å². The lowest BCUT2D eigenvalue weighted by Gasteiger charge is -2.32. The highest BCUT2D eigenvalue weighted by molar-refractivity contribution is 4.81. The standard InChI is InChI=1S/C10H21NO/c1-8(2)9(7-12)10-5-3-4-6-11-10/h8-12H,3-7H2,1-2H3. The minimum absolute atomic E-state index is 0.329. The molecule has 2 atom stereocenters. The quantitative estimate of drug-likeness (QED) is 0.672. The molecule has 0 spiro atoms. The molecule has 0 aromatic rings. The van der Waals surface area contributed by atoms with Crippen molar-refractivity contribution in [2.24, 2.45) is 11.8 Å². The van der Waals surface area contributed by atoms with Gasteiger partial charge in [0.25, 0.3) is 0 Å². The van der Waals surface area contributed by atoms with Crippen molar-refractivity contribution in [2.75, 3.05) is 13.2 Å². The molecule has 0 saturated carbocycles. The van der Waals surface area contributed by atoms with E-state index < -0.39 is 0 Å². The highest BCUT2D eigenvalue weighted by Gasteiger charge is 2.24. The van der Waals surface area contributed by atoms with Crippen LogP contribution in [0.3, 0.4) is 0 Å². The lowest BCUT2D eigenvalue weighted by atomic mass is 9.85. The second-order valence-electron chi connectivity index (χ2n) is 4.15. The summed E-state index contributed by atoms with van der Waals surface area (Å²) in [6, 6.07) is 0.559. The SMILES string of the molecule is CC(C)C(CO)C1CCCCN1. The van der Waals surface area contributed by atoms with Crippen LogP contribution in [0.15, 0.2) is 0 Å². The molecule has 1 fully saturated rings. The molecule has 2 N–H and O–H groups in total. The van der Waals surface area contributed by atoms with Crippen molar-refractivity contribution in [1.29, 1.82) is 0 Å². The van der Waals surface area contributed by atoms with Crippen LogP contribution in [-0.4, -0.2) is 24.3 Å². The van der Waals surface area contributed by atoms with Gasteiger partial charge in [-0.1, -0.05) is 20.3 Å². The Morgan fingerprint density at radius 2 is 2.17 bits per heavy atom. The number of nitrogens with one attached hydrogen (secondary N) is 1. The Kier molecular flexibility index (Phi) is 4.02. The van der Waals surface area contributed by atoms with Crippen molar-refractivity contribution in [2.45, 2.75) is 39.2 Å². The maximum absolute atomic E-state index is 9.21. The molecule has 0 amide bonds. The zero-order chi connectivity index (χ0) is 8.97. The number of aliphatic hydroxyl groups is 1. The van der Waals surface area contributed by atoms with Gasteiger partial charge in [0, 0.05) is 12.6 Å². The van der Waals surface area contributed by atoms with Gasteiger partial charge in [0.1, 0.15) is 0 Å². The minimum Gasteiger partial charge on any atom is -0.396 e. The molecule has 2 nitrogen and oxygen atoms in total. The lowest BCUT2D eigenvalue weighted by molar-refractivity contribution is 0.137. The number of aliphatic hydroxyl groups excluding tert-OH is 1. The van der Waals surface area contributed by atoms with E-state index in [1.54, 1.807) is 0 Å². The van der Waals surface area contributed by atoms with Crippen molar-refractivity contribution < 1.29 is 5.11 Å². The molecule has 1 aliphatic heterocycles. The van der Waals surface area contributed by atoms with Crippen molar-refractivity contribution in [3.8, 4) is 0 Å². The molecule has 12 heavy (non-hydrogen) atoms. The minimum atomic E-state index is 0.329. The van der Waals surface area contributed by atoms with Crippen LogP contribution in [-0.2, 0) is 0 Å². The van der Waals surface area contributed by atoms with Crippen LogP contribution in [0.2, 0.25) is 0 Å². The summed E-state index contributed by atoms with van der Waals surface area (Å²) in [4.78, 5) is 0. The number of hydrogen-bond donors (Lipinski definition) is 2. The molecule has 1 rings (SSSR count). The average molecular weight is 171 g/mol. The number of rotatable bonds is 3. The Hall–Kier alpha value is -0.0800. The molecule has 2 heteroatoms. The zero-order valence-corrected chi connectivity index (χ0v) is 8.21. The van der Waals surface area contributed by atoms with E-state index in [2.05, 4.69) is 19.2 Å². The largest absolute Gasteiger partial charge is 0.396 e. The van der Waals surface area contributed by atoms with Crippen LogP contribution >= 0.6 is 0 Å². The zero-order valence-electron chi connectivity index (χ0n) is 8.21. The summed E-state index contributed by atoms with van der Waals surface area (Å²) < 4.78 is 0. The lowest BCUT2D eigenvalue weighted by Crippen LogP contribution is -2.43. The highest BCUT2D eigenvalue weighted by Crippen LogP contribution is 2.21. The molecule has 0 bridgehead atoms. The van der Waals surface area contributed by atoms with Crippen LogP contribution in [0.1, 0.15) is 33.1 Å². The second-order valence-corrected chi connectivity index (χ2v) is 4.15. The van der Waals surface area contributed by atoms with E-state index in [-0.39, 0.29) is 0 Å². The molecular weight excluding hydrogens is 150 g/mol. The Bertz CT molecular complexity index is 119. The predicted molar refractivity (Wildman–Crippen MR) is 51.1 cm³/mol. The van der Waals surface area contributed by atoms with Crippen molar-refractivity contribution in [1.82, 2.24) is 5.32 Å². The fraction of sp³-hybridized carbons (Fsp3) is 1.00. The number of piperidine rings is 1. The summed E-state index contributed by atoms with van der Waals surface area (Å²) in [5.41, 5.74) is 0. The van der Waals surface area contributed by atoms with Gasteiger partial charge in [0.15, 0.2) is 0 Å². The van der Waals surface area contributed by atoms with Crippen LogP contribution in [0.4, 0.5) is 0 Å². The van der Waals surface area contributed by atoms with E-state index in [0.717, 1.165) is 6.54 Å². The number of hydrogen-bond acceptors (Lipinski definition) is 2. The van der Waals surface area contributed by atoms with Gasteiger partial charge in [0.2, 0.25) is 0 Å². The third-order valence-electron chi connectivity index (χ3n) is 2.93. The van der Waals surface area contributed by atoms with Gasteiger partial charge in [-0.25, -0.2) is 0 Å². The first-order valence-electron chi connectivity index (χ1n) is 5.10. The van der Waals surface area contributed by atoms with Crippen LogP contribution < -0.4 is 5.32 Å². The van der Waals surface area contributed by atoms with Crippen molar-refractivity contribution in [3.05, 3.63) is 0 Å². The highest BCUT2D eigenvalue weighted by atomic mass is 16.3. The Balaban J connectivity index is 2.40. The molecule has 2 unspecified atom stereocenters. The third-order valence-corrected chi connectivity index (χ3v) is 2.93. The van der Waals surface area contributed by atoms with Crippen LogP contribution in [0.25, 0.3) is 0 Å². The first-order valence-corrected chi connectivity index (χ1v) is 5.10. The first-order chi connectivity index (χ1) is 5.75. The van der Waals surface area contributed by atoms with Gasteiger partial charge < -0.3 is 10.4 Å². The van der Waals surface area contributed by atoms with E-state index in [1.807, 2.05) is 0 Å². The summed E-state index contributed by atoms with van der Waals surface area (Å²) >= 11 is 0. The Morgan fingerprint density at radius 1 is 1.42 bits per heavy atom. The molecule has 0 aliphatic carbocycles. The summed E-state index contributed by atoms with van der Waals surface area (Å²) in [5, 5.41) is 12.7. The van der Waals surface area contributed by atoms with E-state index in [9.17, 15) is 5.11 Å². The predicted octanol–water partition coefficient (Wildman–Crippen LogP) is 1.39. The molecule has 0 aromatic heterocycles. The van der Waals surface area contributed by atoms with E-state index >= 15 is 0 Å². The summed E-state index contributed by atoms with van der Waals surface area (Å²) in [6.07, 6.45) is 3.86. The summed E-state index contributed by atoms with van der Waals surface area (Å²) in [6.45, 7) is 5.84. The fourth-order valence-corrected chi connectivity index (χ4v) is 2.05. The van der Waals surface area contributed by atoms with Gasteiger partial charge >= 0.3 is 0 Å². The van der Waals surface area contributed by atoms with Gasteiger partial charge in [-0.05, 0) is 31.2 Å². The topological polar surface area (TPSA) is 32.3 Å². The Labute approximate surface area is 75.4 Å². The maximum atomic E-state index is 9.21. The Morgan fingerprint density at radius 3 is 2.58 bits per heavy atom. The maximum Gasteiger partial charge on any atom is 0.0476 e. The van der Waals surface area contributed by atoms with Gasteiger partial charge in [-0.3, -0.25) is 0 Å². The van der Waals surface area contributed by atoms with Crippen molar-refractivity contribution in [3.63, 3.8) is 0 Å². The van der Waals surface area contributed by atoms with Crippen LogP contribution in [0.5, 0.6) is 0 Å². The van der Waals surface area contributed by atoms with E-state index in [4.69, 9.17) is 0 Å². The molecule has 1 aliphatic rings. The molecule has 1 heterocycles. The summed E-state index contributed by atoms with van der Waals surface area (Å²) in [7, 11) is 0. The molecule has 1 saturated heterocycles. The molecule has 72 valence electrons. The van der Waals surface area contributed by atoms with E-state index in [0.29, 0.717) is 24.5 Å². The molecule has 0 radical (unpaired) electrons. The average Bonchev–Trinajstić information content (AvgIpc) is 2.07. The third kappa shape index (κ3) is 2.46. The van der Waals surface area contributed by atoms with Gasteiger partial charge in [0.05, 0.1) is 0 Å². The molecular formula is C10H21NO. The molecule has 0 aromatic carbocycles. The second kappa shape index (κ2) is 4.83. The van der Waals surface area contributed by atoms with Crippen LogP contribution in [0, 0.1) is 11.8 Å². The van der Waals surface area contributed by atoms with Crippen molar-refractivity contribution >= 4 is 0 Å². The first kappa shape index (κ1) is 10.0. The smallest absolute Gasteiger partial charge is 0.0476 e. The van der Waals surface area contributed by atoms with Gasteiger partial charge in [-0.15, -0.1) is 0 Å².